The van der Waals surface area contributed by atoms with E-state index in [0.29, 0.717) is 41.3 Å². The fraction of sp³-hybridized carbons (Fsp3) is 0.0882. The van der Waals surface area contributed by atoms with Crippen LogP contribution in [0.4, 0.5) is 45.2 Å². The largest absolute Gasteiger partial charge is 0.428 e. The van der Waals surface area contributed by atoms with Crippen molar-refractivity contribution in [3.8, 4) is 11.5 Å². The number of amides is 4. The van der Waals surface area contributed by atoms with E-state index in [0.717, 1.165) is 48.5 Å². The number of nitrogens with zero attached hydrogens (tertiary/aromatic N) is 1. The third-order valence-electron chi connectivity index (χ3n) is 8.09. The topological polar surface area (TPSA) is 119 Å². The molecule has 0 saturated heterocycles. The van der Waals surface area contributed by atoms with Crippen molar-refractivity contribution in [3.05, 3.63) is 136 Å². The summed E-state index contributed by atoms with van der Waals surface area (Å²) < 4.78 is 136. The molecule has 0 bridgehead atoms. The van der Waals surface area contributed by atoms with E-state index in [1.54, 1.807) is 5.32 Å². The molecule has 0 aliphatic carbocycles. The molecular weight excluding hydrogens is 719 g/mol. The van der Waals surface area contributed by atoms with E-state index < -0.39 is 92.8 Å². The summed E-state index contributed by atoms with van der Waals surface area (Å²) in [5, 5.41) is 1.79. The highest BCUT2D eigenvalue weighted by Crippen LogP contribution is 2.57. The predicted octanol–water partition coefficient (Wildman–Crippen LogP) is 7.41. The fourth-order valence-corrected chi connectivity index (χ4v) is 5.72. The standard InChI is InChI=1S/C34H15F9N2O7/c35-25(36)26(37)51-19-7-1-15(2-8-19)31(50)52-20-9-5-18(6-10-20)45-29(48)22-12-4-17(14-24(22)30(45)49)32(33(38,39)40,34(41,42)43)16-3-11-21-23(13-16)28(47)44-27(21)46/h1-14H,(H,44,46,47). The van der Waals surface area contributed by atoms with Gasteiger partial charge in [0.15, 0.2) is 0 Å². The first-order valence-corrected chi connectivity index (χ1v) is 14.3. The van der Waals surface area contributed by atoms with Gasteiger partial charge in [0.05, 0.1) is 33.5 Å². The fourth-order valence-electron chi connectivity index (χ4n) is 5.72. The monoisotopic (exact) mass is 734 g/mol. The number of benzene rings is 4. The lowest BCUT2D eigenvalue weighted by atomic mass is 9.71. The van der Waals surface area contributed by atoms with E-state index >= 15 is 0 Å². The van der Waals surface area contributed by atoms with Crippen molar-refractivity contribution < 1.29 is 73.0 Å². The first-order valence-electron chi connectivity index (χ1n) is 14.3. The first-order chi connectivity index (χ1) is 24.3. The maximum atomic E-state index is 14.8. The Bertz CT molecular complexity index is 2210. The summed E-state index contributed by atoms with van der Waals surface area (Å²) in [5.41, 5.74) is -10.7. The Hall–Kier alpha value is -6.46. The summed E-state index contributed by atoms with van der Waals surface area (Å²) in [6.07, 6.45) is -15.0. The minimum absolute atomic E-state index is 0.136. The molecular formula is C34H15F9N2O7. The van der Waals surface area contributed by atoms with Gasteiger partial charge in [0, 0.05) is 0 Å². The molecule has 0 fully saturated rings. The van der Waals surface area contributed by atoms with Crippen LogP contribution in [0, 0.1) is 0 Å². The van der Waals surface area contributed by atoms with Crippen molar-refractivity contribution in [1.82, 2.24) is 5.32 Å². The molecule has 0 unspecified atom stereocenters. The molecule has 9 nitrogen and oxygen atoms in total. The molecule has 52 heavy (non-hydrogen) atoms. The lowest BCUT2D eigenvalue weighted by Gasteiger charge is -2.38. The average molecular weight is 734 g/mol. The number of esters is 1. The Balaban J connectivity index is 1.29. The maximum absolute atomic E-state index is 14.8. The van der Waals surface area contributed by atoms with Gasteiger partial charge >= 0.3 is 30.4 Å². The van der Waals surface area contributed by atoms with E-state index in [1.165, 1.54) is 0 Å². The number of fused-ring (bicyclic) bond motifs is 2. The van der Waals surface area contributed by atoms with Crippen LogP contribution < -0.4 is 19.7 Å². The second kappa shape index (κ2) is 12.4. The molecule has 6 rings (SSSR count). The van der Waals surface area contributed by atoms with Gasteiger partial charge in [-0.05, 0) is 83.9 Å². The van der Waals surface area contributed by atoms with Crippen molar-refractivity contribution in [2.24, 2.45) is 0 Å². The van der Waals surface area contributed by atoms with Crippen LogP contribution in [0.15, 0.2) is 97.0 Å². The number of rotatable bonds is 7. The Morgan fingerprint density at radius 2 is 1.06 bits per heavy atom. The lowest BCUT2D eigenvalue weighted by Crippen LogP contribution is -2.55. The van der Waals surface area contributed by atoms with Crippen LogP contribution in [0.3, 0.4) is 0 Å². The lowest BCUT2D eigenvalue weighted by molar-refractivity contribution is -0.288. The Morgan fingerprint density at radius 3 is 1.62 bits per heavy atom. The number of nitrogens with one attached hydrogen (secondary N) is 1. The predicted molar refractivity (Wildman–Crippen MR) is 158 cm³/mol. The van der Waals surface area contributed by atoms with Crippen molar-refractivity contribution in [3.63, 3.8) is 0 Å². The SMILES string of the molecule is O=C(Oc1ccc(N2C(=O)c3ccc(C(c4ccc5c(c4)C(=O)NC5=O)(C(F)(F)F)C(F)(F)F)cc3C2=O)cc1)c1ccc(OC(F)=C(F)F)cc1. The van der Waals surface area contributed by atoms with Crippen LogP contribution in [-0.2, 0) is 5.41 Å². The zero-order valence-electron chi connectivity index (χ0n) is 25.3. The number of carbonyl (C=O) groups is 5. The summed E-state index contributed by atoms with van der Waals surface area (Å²) >= 11 is 0. The number of halogens is 9. The van der Waals surface area contributed by atoms with E-state index in [4.69, 9.17) is 4.74 Å². The van der Waals surface area contributed by atoms with Crippen molar-refractivity contribution in [1.29, 1.82) is 0 Å². The number of alkyl halides is 6. The molecule has 4 aromatic carbocycles. The maximum Gasteiger partial charge on any atom is 0.411 e. The molecule has 4 aromatic rings. The zero-order valence-corrected chi connectivity index (χ0v) is 25.3. The van der Waals surface area contributed by atoms with Crippen molar-refractivity contribution in [2.75, 3.05) is 4.90 Å². The van der Waals surface area contributed by atoms with Crippen LogP contribution in [0.5, 0.6) is 11.5 Å². The van der Waals surface area contributed by atoms with Gasteiger partial charge in [0.1, 0.15) is 11.5 Å². The van der Waals surface area contributed by atoms with Gasteiger partial charge in [-0.2, -0.15) is 39.5 Å². The van der Waals surface area contributed by atoms with E-state index in [9.17, 15) is 63.5 Å². The molecule has 2 aliphatic heterocycles. The number of carbonyl (C=O) groups excluding carboxylic acids is 5. The average Bonchev–Trinajstić information content (AvgIpc) is 3.50. The molecule has 0 aromatic heterocycles. The van der Waals surface area contributed by atoms with Gasteiger partial charge in [-0.15, -0.1) is 0 Å². The molecule has 0 atom stereocenters. The summed E-state index contributed by atoms with van der Waals surface area (Å²) in [7, 11) is 0. The van der Waals surface area contributed by atoms with E-state index in [-0.39, 0.29) is 22.7 Å². The Labute approximate surface area is 283 Å². The number of hydrogen-bond donors (Lipinski definition) is 1. The van der Waals surface area contributed by atoms with Crippen LogP contribution >= 0.6 is 0 Å². The molecule has 0 saturated carbocycles. The Kier molecular flexibility index (Phi) is 8.43. The summed E-state index contributed by atoms with van der Waals surface area (Å²) in [6, 6.07) is 9.04. The van der Waals surface area contributed by atoms with Crippen LogP contribution in [0.2, 0.25) is 0 Å². The number of anilines is 1. The minimum Gasteiger partial charge on any atom is -0.428 e. The number of imide groups is 2. The van der Waals surface area contributed by atoms with Gasteiger partial charge in [-0.1, -0.05) is 12.1 Å². The van der Waals surface area contributed by atoms with Gasteiger partial charge in [-0.25, -0.2) is 9.69 Å². The van der Waals surface area contributed by atoms with Crippen LogP contribution in [0.25, 0.3) is 0 Å². The summed E-state index contributed by atoms with van der Waals surface area (Å²) in [6.45, 7) is 0. The van der Waals surface area contributed by atoms with Gasteiger partial charge < -0.3 is 9.47 Å². The van der Waals surface area contributed by atoms with Crippen molar-refractivity contribution in [2.45, 2.75) is 17.8 Å². The van der Waals surface area contributed by atoms with Crippen LogP contribution in [-0.4, -0.2) is 42.0 Å². The van der Waals surface area contributed by atoms with Crippen molar-refractivity contribution >= 4 is 35.3 Å². The zero-order chi connectivity index (χ0) is 37.9. The van der Waals surface area contributed by atoms with Gasteiger partial charge in [0.25, 0.3) is 23.6 Å². The molecule has 0 radical (unpaired) electrons. The van der Waals surface area contributed by atoms with Gasteiger partial charge in [-0.3, -0.25) is 24.5 Å². The molecule has 2 heterocycles. The molecule has 18 heteroatoms. The second-order valence-corrected chi connectivity index (χ2v) is 11.0. The Morgan fingerprint density at radius 1 is 0.577 bits per heavy atom. The highest BCUT2D eigenvalue weighted by molar-refractivity contribution is 6.34. The molecule has 0 spiro atoms. The van der Waals surface area contributed by atoms with Crippen LogP contribution in [0.1, 0.15) is 62.9 Å². The highest BCUT2D eigenvalue weighted by atomic mass is 19.4. The third-order valence-corrected chi connectivity index (χ3v) is 8.09. The van der Waals surface area contributed by atoms with E-state index in [2.05, 4.69) is 4.74 Å². The third kappa shape index (κ3) is 5.70. The minimum atomic E-state index is -6.13. The molecule has 266 valence electrons. The summed E-state index contributed by atoms with van der Waals surface area (Å²) in [4.78, 5) is 63.7. The quantitative estimate of drug-likeness (QED) is 0.0691. The van der Waals surface area contributed by atoms with E-state index in [1.807, 2.05) is 0 Å². The molecule has 4 amide bonds. The molecule has 2 aliphatic rings. The smallest absolute Gasteiger partial charge is 0.411 e. The van der Waals surface area contributed by atoms with Gasteiger partial charge in [0.2, 0.25) is 5.41 Å². The number of hydrogen-bond acceptors (Lipinski definition) is 7. The number of ether oxygens (including phenoxy) is 2. The summed E-state index contributed by atoms with van der Waals surface area (Å²) in [5.74, 6) is -6.14. The normalized spacial score (nSPS) is 14.2. The first kappa shape index (κ1) is 35.4. The second-order valence-electron chi connectivity index (χ2n) is 11.0. The highest BCUT2D eigenvalue weighted by Gasteiger charge is 2.73. The molecule has 1 N–H and O–H groups in total.